The van der Waals surface area contributed by atoms with Crippen LogP contribution in [0.25, 0.3) is 0 Å². The van der Waals surface area contributed by atoms with Gasteiger partial charge in [0.05, 0.1) is 12.2 Å². The summed E-state index contributed by atoms with van der Waals surface area (Å²) in [5.74, 6) is 0.990. The summed E-state index contributed by atoms with van der Waals surface area (Å²) < 4.78 is 15.2. The van der Waals surface area contributed by atoms with Crippen LogP contribution in [0.2, 0.25) is 0 Å². The summed E-state index contributed by atoms with van der Waals surface area (Å²) in [6.07, 6.45) is 0. The third kappa shape index (κ3) is 2.15. The lowest BCUT2D eigenvalue weighted by atomic mass is 10.2. The van der Waals surface area contributed by atoms with Crippen molar-refractivity contribution < 1.29 is 4.39 Å². The normalized spacial score (nSPS) is 10.1. The van der Waals surface area contributed by atoms with E-state index in [0.29, 0.717) is 12.2 Å². The highest BCUT2D eigenvalue weighted by molar-refractivity contribution is 5.57. The molecular weight excluding hydrogens is 233 g/mol. The molecular formula is C12H12FN5. The highest BCUT2D eigenvalue weighted by Gasteiger charge is 2.09. The number of rotatable bonds is 3. The summed E-state index contributed by atoms with van der Waals surface area (Å²) in [5.41, 5.74) is 0.467. The first-order valence-electron chi connectivity index (χ1n) is 5.41. The van der Waals surface area contributed by atoms with E-state index in [1.807, 2.05) is 24.6 Å². The molecule has 0 bridgehead atoms. The van der Waals surface area contributed by atoms with E-state index in [9.17, 15) is 4.39 Å². The third-order valence-electron chi connectivity index (χ3n) is 2.75. The van der Waals surface area contributed by atoms with Crippen LogP contribution in [-0.2, 0) is 13.6 Å². The van der Waals surface area contributed by atoms with Gasteiger partial charge in [-0.05, 0) is 19.1 Å². The van der Waals surface area contributed by atoms with Crippen molar-refractivity contribution in [1.82, 2.24) is 14.8 Å². The number of halogens is 1. The lowest BCUT2D eigenvalue weighted by Crippen LogP contribution is -2.08. The smallest absolute Gasteiger partial charge is 0.152 e. The van der Waals surface area contributed by atoms with E-state index in [1.54, 1.807) is 12.1 Å². The maximum absolute atomic E-state index is 13.4. The van der Waals surface area contributed by atoms with Crippen LogP contribution in [0.15, 0.2) is 18.2 Å². The molecule has 0 unspecified atom stereocenters. The number of hydrogen-bond donors (Lipinski definition) is 1. The number of nitrogens with one attached hydrogen (secondary N) is 1. The van der Waals surface area contributed by atoms with Gasteiger partial charge in [-0.2, -0.15) is 5.26 Å². The van der Waals surface area contributed by atoms with Crippen LogP contribution >= 0.6 is 0 Å². The number of aromatic nitrogens is 3. The largest absolute Gasteiger partial charge is 0.377 e. The Morgan fingerprint density at radius 1 is 1.44 bits per heavy atom. The van der Waals surface area contributed by atoms with Crippen LogP contribution in [0, 0.1) is 24.1 Å². The number of benzene rings is 1. The van der Waals surface area contributed by atoms with Crippen molar-refractivity contribution in [3.05, 3.63) is 41.2 Å². The SMILES string of the molecule is Cc1nnc(CNc2cccc(F)c2C#N)n1C. The highest BCUT2D eigenvalue weighted by atomic mass is 19.1. The van der Waals surface area contributed by atoms with E-state index in [4.69, 9.17) is 5.26 Å². The van der Waals surface area contributed by atoms with Gasteiger partial charge in [0.25, 0.3) is 0 Å². The Labute approximate surface area is 104 Å². The average Bonchev–Trinajstić information content (AvgIpc) is 2.68. The minimum absolute atomic E-state index is 0.0105. The molecule has 0 spiro atoms. The molecule has 0 radical (unpaired) electrons. The summed E-state index contributed by atoms with van der Waals surface area (Å²) in [7, 11) is 1.85. The fraction of sp³-hybridized carbons (Fsp3) is 0.250. The van der Waals surface area contributed by atoms with Crippen molar-refractivity contribution >= 4 is 5.69 Å². The van der Waals surface area contributed by atoms with E-state index in [0.717, 1.165) is 11.6 Å². The van der Waals surface area contributed by atoms with Crippen molar-refractivity contribution in [1.29, 1.82) is 5.26 Å². The topological polar surface area (TPSA) is 66.5 Å². The minimum atomic E-state index is -0.531. The summed E-state index contributed by atoms with van der Waals surface area (Å²) in [6, 6.07) is 6.31. The van der Waals surface area contributed by atoms with Crippen LogP contribution in [-0.4, -0.2) is 14.8 Å². The molecule has 1 aromatic carbocycles. The zero-order valence-electron chi connectivity index (χ0n) is 10.1. The van der Waals surface area contributed by atoms with Gasteiger partial charge in [-0.15, -0.1) is 10.2 Å². The Morgan fingerprint density at radius 2 is 2.22 bits per heavy atom. The molecule has 0 atom stereocenters. The molecule has 0 amide bonds. The lowest BCUT2D eigenvalue weighted by Gasteiger charge is -2.08. The van der Waals surface area contributed by atoms with Crippen LogP contribution < -0.4 is 5.32 Å². The Morgan fingerprint density at radius 3 is 2.83 bits per heavy atom. The second kappa shape index (κ2) is 4.84. The average molecular weight is 245 g/mol. The van der Waals surface area contributed by atoms with Crippen molar-refractivity contribution in [3.8, 4) is 6.07 Å². The van der Waals surface area contributed by atoms with Gasteiger partial charge in [-0.1, -0.05) is 6.07 Å². The predicted octanol–water partition coefficient (Wildman–Crippen LogP) is 1.75. The first kappa shape index (κ1) is 12.0. The molecule has 0 aliphatic rings. The quantitative estimate of drug-likeness (QED) is 0.894. The number of nitrogens with zero attached hydrogens (tertiary/aromatic N) is 4. The molecule has 5 nitrogen and oxygen atoms in total. The maximum atomic E-state index is 13.4. The molecule has 0 saturated heterocycles. The molecule has 1 N–H and O–H groups in total. The summed E-state index contributed by atoms with van der Waals surface area (Å²) >= 11 is 0. The van der Waals surface area contributed by atoms with Gasteiger partial charge in [0.15, 0.2) is 5.82 Å². The molecule has 2 aromatic rings. The molecule has 92 valence electrons. The van der Waals surface area contributed by atoms with E-state index in [2.05, 4.69) is 15.5 Å². The monoisotopic (exact) mass is 245 g/mol. The minimum Gasteiger partial charge on any atom is -0.377 e. The standard InChI is InChI=1S/C12H12FN5/c1-8-16-17-12(18(8)2)7-15-11-5-3-4-10(13)9(11)6-14/h3-5,15H,7H2,1-2H3. The van der Waals surface area contributed by atoms with Crippen LogP contribution in [0.3, 0.4) is 0 Å². The van der Waals surface area contributed by atoms with Crippen molar-refractivity contribution in [2.45, 2.75) is 13.5 Å². The van der Waals surface area contributed by atoms with Crippen molar-refractivity contribution in [3.63, 3.8) is 0 Å². The first-order chi connectivity index (χ1) is 8.63. The Balaban J connectivity index is 2.19. The number of hydrogen-bond acceptors (Lipinski definition) is 4. The summed E-state index contributed by atoms with van der Waals surface area (Å²) in [4.78, 5) is 0. The second-order valence-electron chi connectivity index (χ2n) is 3.85. The molecule has 1 heterocycles. The highest BCUT2D eigenvalue weighted by Crippen LogP contribution is 2.18. The summed E-state index contributed by atoms with van der Waals surface area (Å²) in [6.45, 7) is 2.23. The number of anilines is 1. The van der Waals surface area contributed by atoms with Gasteiger partial charge in [0, 0.05) is 7.05 Å². The molecule has 0 fully saturated rings. The van der Waals surface area contributed by atoms with Crippen LogP contribution in [0.1, 0.15) is 17.2 Å². The van der Waals surface area contributed by atoms with E-state index in [1.165, 1.54) is 6.07 Å². The molecule has 1 aromatic heterocycles. The predicted molar refractivity (Wildman–Crippen MR) is 64.2 cm³/mol. The zero-order chi connectivity index (χ0) is 13.1. The molecule has 0 saturated carbocycles. The van der Waals surface area contributed by atoms with Crippen LogP contribution in [0.4, 0.5) is 10.1 Å². The second-order valence-corrected chi connectivity index (χ2v) is 3.85. The summed E-state index contributed by atoms with van der Waals surface area (Å²) in [5, 5.41) is 19.8. The molecule has 6 heteroatoms. The molecule has 0 aliphatic carbocycles. The van der Waals surface area contributed by atoms with Crippen LogP contribution in [0.5, 0.6) is 0 Å². The Hall–Kier alpha value is -2.42. The number of aryl methyl sites for hydroxylation is 1. The lowest BCUT2D eigenvalue weighted by molar-refractivity contribution is 0.624. The van der Waals surface area contributed by atoms with Gasteiger partial charge >= 0.3 is 0 Å². The van der Waals surface area contributed by atoms with Gasteiger partial charge in [0.1, 0.15) is 23.3 Å². The Bertz CT molecular complexity index is 611. The fourth-order valence-electron chi connectivity index (χ4n) is 1.56. The van der Waals surface area contributed by atoms with Gasteiger partial charge in [0.2, 0.25) is 0 Å². The molecule has 0 aliphatic heterocycles. The van der Waals surface area contributed by atoms with E-state index < -0.39 is 5.82 Å². The third-order valence-corrected chi connectivity index (χ3v) is 2.75. The van der Waals surface area contributed by atoms with Gasteiger partial charge in [-0.3, -0.25) is 0 Å². The van der Waals surface area contributed by atoms with Gasteiger partial charge < -0.3 is 9.88 Å². The zero-order valence-corrected chi connectivity index (χ0v) is 10.1. The molecule has 18 heavy (non-hydrogen) atoms. The molecule has 2 rings (SSSR count). The van der Waals surface area contributed by atoms with Crippen molar-refractivity contribution in [2.75, 3.05) is 5.32 Å². The number of nitriles is 1. The first-order valence-corrected chi connectivity index (χ1v) is 5.41. The maximum Gasteiger partial charge on any atom is 0.152 e. The Kier molecular flexibility index (Phi) is 3.24. The fourth-order valence-corrected chi connectivity index (χ4v) is 1.56. The van der Waals surface area contributed by atoms with E-state index in [-0.39, 0.29) is 5.56 Å². The van der Waals surface area contributed by atoms with Gasteiger partial charge in [-0.25, -0.2) is 4.39 Å². The van der Waals surface area contributed by atoms with E-state index >= 15 is 0 Å². The van der Waals surface area contributed by atoms with Crippen molar-refractivity contribution in [2.24, 2.45) is 7.05 Å².